The van der Waals surface area contributed by atoms with E-state index in [4.69, 9.17) is 11.6 Å². The van der Waals surface area contributed by atoms with Crippen molar-refractivity contribution in [1.29, 1.82) is 0 Å². The number of benzene rings is 1. The van der Waals surface area contributed by atoms with E-state index in [1.165, 1.54) is 18.4 Å². The van der Waals surface area contributed by atoms with Crippen LogP contribution in [0, 0.1) is 11.8 Å². The van der Waals surface area contributed by atoms with Crippen LogP contribution in [0.4, 0.5) is 0 Å². The summed E-state index contributed by atoms with van der Waals surface area (Å²) < 4.78 is 0. The van der Waals surface area contributed by atoms with E-state index >= 15 is 0 Å². The minimum atomic E-state index is 0.282. The molecule has 2 nitrogen and oxygen atoms in total. The highest BCUT2D eigenvalue weighted by Gasteiger charge is 2.48. The third-order valence-corrected chi connectivity index (χ3v) is 5.81. The van der Waals surface area contributed by atoms with Gasteiger partial charge in [0.05, 0.1) is 0 Å². The average Bonchev–Trinajstić information content (AvgIpc) is 3.28. The van der Waals surface area contributed by atoms with Gasteiger partial charge in [-0.25, -0.2) is 0 Å². The van der Waals surface area contributed by atoms with Gasteiger partial charge in [0.25, 0.3) is 0 Å². The fraction of sp³-hybridized carbons (Fsp3) is 0.667. The smallest absolute Gasteiger partial charge is 0.0451 e. The van der Waals surface area contributed by atoms with E-state index in [1.54, 1.807) is 0 Å². The number of halogens is 1. The molecule has 116 valence electrons. The molecule has 2 aliphatic rings. The molecule has 21 heavy (non-hydrogen) atoms. The van der Waals surface area contributed by atoms with Crippen LogP contribution in [0.25, 0.3) is 0 Å². The molecule has 1 aliphatic carbocycles. The van der Waals surface area contributed by atoms with Crippen molar-refractivity contribution in [3.05, 3.63) is 34.9 Å². The number of rotatable bonds is 4. The first-order valence-electron chi connectivity index (χ1n) is 8.22. The lowest BCUT2D eigenvalue weighted by Gasteiger charge is -2.50. The van der Waals surface area contributed by atoms with Gasteiger partial charge in [-0.05, 0) is 43.2 Å². The van der Waals surface area contributed by atoms with E-state index in [-0.39, 0.29) is 5.54 Å². The van der Waals surface area contributed by atoms with Gasteiger partial charge in [-0.2, -0.15) is 0 Å². The van der Waals surface area contributed by atoms with Gasteiger partial charge in [-0.1, -0.05) is 43.6 Å². The minimum absolute atomic E-state index is 0.282. The topological polar surface area (TPSA) is 15.3 Å². The zero-order valence-corrected chi connectivity index (χ0v) is 14.2. The van der Waals surface area contributed by atoms with Crippen molar-refractivity contribution in [3.63, 3.8) is 0 Å². The fourth-order valence-corrected chi connectivity index (χ4v) is 3.79. The molecule has 0 aromatic heterocycles. The summed E-state index contributed by atoms with van der Waals surface area (Å²) in [5.41, 5.74) is 1.54. The van der Waals surface area contributed by atoms with E-state index in [2.05, 4.69) is 43.1 Å². The normalized spacial score (nSPS) is 30.8. The third-order valence-electron chi connectivity index (χ3n) is 5.44. The number of hydrogen-bond acceptors (Lipinski definition) is 2. The van der Waals surface area contributed by atoms with Crippen LogP contribution in [-0.4, -0.2) is 29.6 Å². The Morgan fingerprint density at radius 2 is 2.05 bits per heavy atom. The van der Waals surface area contributed by atoms with Crippen LogP contribution in [0.5, 0.6) is 0 Å². The average molecular weight is 307 g/mol. The van der Waals surface area contributed by atoms with Crippen molar-refractivity contribution in [3.8, 4) is 0 Å². The SMILES string of the molecule is CC(C)C1CN(Cc2ccccc2Cl)C(C)(C2CC2)CN1. The van der Waals surface area contributed by atoms with Gasteiger partial charge < -0.3 is 5.32 Å². The first kappa shape index (κ1) is 15.3. The Hall–Kier alpha value is -0.570. The van der Waals surface area contributed by atoms with Gasteiger partial charge in [0, 0.05) is 36.2 Å². The summed E-state index contributed by atoms with van der Waals surface area (Å²) in [4.78, 5) is 2.69. The van der Waals surface area contributed by atoms with E-state index in [0.717, 1.165) is 30.6 Å². The molecule has 2 atom stereocenters. The van der Waals surface area contributed by atoms with Crippen molar-refractivity contribution in [2.45, 2.75) is 51.7 Å². The molecule has 0 radical (unpaired) electrons. The predicted molar refractivity (Wildman–Crippen MR) is 89.6 cm³/mol. The third kappa shape index (κ3) is 3.13. The van der Waals surface area contributed by atoms with Crippen LogP contribution in [-0.2, 0) is 6.54 Å². The lowest BCUT2D eigenvalue weighted by atomic mass is 9.87. The summed E-state index contributed by atoms with van der Waals surface area (Å²) in [7, 11) is 0. The Morgan fingerprint density at radius 3 is 2.67 bits per heavy atom. The largest absolute Gasteiger partial charge is 0.311 e. The van der Waals surface area contributed by atoms with E-state index in [1.807, 2.05) is 12.1 Å². The summed E-state index contributed by atoms with van der Waals surface area (Å²) in [5, 5.41) is 4.68. The Kier molecular flexibility index (Phi) is 4.31. The van der Waals surface area contributed by atoms with E-state index in [9.17, 15) is 0 Å². The molecular formula is C18H27ClN2. The van der Waals surface area contributed by atoms with Crippen LogP contribution in [0.3, 0.4) is 0 Å². The zero-order valence-electron chi connectivity index (χ0n) is 13.4. The van der Waals surface area contributed by atoms with Crippen LogP contribution in [0.1, 0.15) is 39.2 Å². The van der Waals surface area contributed by atoms with Crippen LogP contribution >= 0.6 is 11.6 Å². The molecule has 1 aliphatic heterocycles. The maximum absolute atomic E-state index is 6.39. The molecule has 1 aromatic rings. The van der Waals surface area contributed by atoms with Crippen LogP contribution < -0.4 is 5.32 Å². The molecule has 1 heterocycles. The fourth-order valence-electron chi connectivity index (χ4n) is 3.59. The lowest BCUT2D eigenvalue weighted by Crippen LogP contribution is -2.65. The summed E-state index contributed by atoms with van der Waals surface area (Å²) in [5.74, 6) is 1.52. The second kappa shape index (κ2) is 5.91. The Bertz CT molecular complexity index is 498. The highest BCUT2D eigenvalue weighted by atomic mass is 35.5. The Morgan fingerprint density at radius 1 is 1.33 bits per heavy atom. The predicted octanol–water partition coefficient (Wildman–Crippen LogP) is 3.94. The van der Waals surface area contributed by atoms with Gasteiger partial charge in [-0.15, -0.1) is 0 Å². The Balaban J connectivity index is 1.81. The highest BCUT2D eigenvalue weighted by Crippen LogP contribution is 2.45. The maximum Gasteiger partial charge on any atom is 0.0451 e. The van der Waals surface area contributed by atoms with Crippen LogP contribution in [0.15, 0.2) is 24.3 Å². The van der Waals surface area contributed by atoms with Gasteiger partial charge in [0.1, 0.15) is 0 Å². The number of hydrogen-bond donors (Lipinski definition) is 1. The number of nitrogens with one attached hydrogen (secondary N) is 1. The van der Waals surface area contributed by atoms with Gasteiger partial charge in [0.15, 0.2) is 0 Å². The number of piperazine rings is 1. The van der Waals surface area contributed by atoms with E-state index in [0.29, 0.717) is 12.0 Å². The zero-order chi connectivity index (χ0) is 15.0. The maximum atomic E-state index is 6.39. The molecule has 0 bridgehead atoms. The summed E-state index contributed by atoms with van der Waals surface area (Å²) in [6, 6.07) is 8.87. The molecule has 2 unspecified atom stereocenters. The molecule has 2 fully saturated rings. The molecular weight excluding hydrogens is 280 g/mol. The first-order chi connectivity index (χ1) is 10.0. The molecule has 1 aromatic carbocycles. The monoisotopic (exact) mass is 306 g/mol. The number of nitrogens with zero attached hydrogens (tertiary/aromatic N) is 1. The molecule has 0 amide bonds. The summed E-state index contributed by atoms with van der Waals surface area (Å²) in [6.45, 7) is 10.2. The van der Waals surface area contributed by atoms with Crippen molar-refractivity contribution < 1.29 is 0 Å². The van der Waals surface area contributed by atoms with Crippen molar-refractivity contribution in [2.75, 3.05) is 13.1 Å². The molecule has 3 rings (SSSR count). The quantitative estimate of drug-likeness (QED) is 0.906. The lowest BCUT2D eigenvalue weighted by molar-refractivity contribution is 0.0187. The molecule has 0 spiro atoms. The summed E-state index contributed by atoms with van der Waals surface area (Å²) in [6.07, 6.45) is 2.76. The van der Waals surface area contributed by atoms with Gasteiger partial charge >= 0.3 is 0 Å². The van der Waals surface area contributed by atoms with E-state index < -0.39 is 0 Å². The van der Waals surface area contributed by atoms with Crippen LogP contribution in [0.2, 0.25) is 5.02 Å². The molecule has 3 heteroatoms. The molecule has 1 N–H and O–H groups in total. The summed E-state index contributed by atoms with van der Waals surface area (Å²) >= 11 is 6.39. The van der Waals surface area contributed by atoms with Crippen molar-refractivity contribution in [2.24, 2.45) is 11.8 Å². The minimum Gasteiger partial charge on any atom is -0.311 e. The highest BCUT2D eigenvalue weighted by molar-refractivity contribution is 6.31. The molecule has 1 saturated heterocycles. The molecule has 1 saturated carbocycles. The second-order valence-corrected chi connectivity index (χ2v) is 7.74. The van der Waals surface area contributed by atoms with Crippen molar-refractivity contribution >= 4 is 11.6 Å². The standard InChI is InChI=1S/C18H27ClN2/c1-13(2)17-11-21(10-14-6-4-5-7-16(14)19)18(3,12-20-17)15-8-9-15/h4-7,13,15,17,20H,8-12H2,1-3H3. The second-order valence-electron chi connectivity index (χ2n) is 7.33. The first-order valence-corrected chi connectivity index (χ1v) is 8.60. The van der Waals surface area contributed by atoms with Crippen molar-refractivity contribution in [1.82, 2.24) is 10.2 Å². The van der Waals surface area contributed by atoms with Gasteiger partial charge in [-0.3, -0.25) is 4.90 Å². The Labute approximate surface area is 133 Å². The van der Waals surface area contributed by atoms with Gasteiger partial charge in [0.2, 0.25) is 0 Å².